The average Bonchev–Trinajstić information content (AvgIpc) is 1.88. The molecule has 0 aromatic heterocycles. The molecule has 0 amide bonds. The summed E-state index contributed by atoms with van der Waals surface area (Å²) in [5, 5.41) is 12.2. The van der Waals surface area contributed by atoms with Crippen LogP contribution in [0.1, 0.15) is 26.2 Å². The first kappa shape index (κ1) is 7.54. The minimum atomic E-state index is -0.911. The topological polar surface area (TPSA) is 56.7 Å². The summed E-state index contributed by atoms with van der Waals surface area (Å²) in [6, 6.07) is 0.167. The largest absolute Gasteiger partial charge is 0.544 e. The summed E-state index contributed by atoms with van der Waals surface area (Å²) in [4.78, 5) is 10.4. The van der Waals surface area contributed by atoms with Crippen LogP contribution in [0.15, 0.2) is 0 Å². The standard InChI is InChI=1S/C7H13NO2/c1-5-3-2-4-6(8-5)7(9)10/h5-6,8H,2-4H2,1H3,(H,9,10)/t5-,6-/m1/s1. The minimum absolute atomic E-state index is 0.288. The van der Waals surface area contributed by atoms with Gasteiger partial charge in [-0.05, 0) is 19.8 Å². The number of carboxylic acid groups (broad SMARTS) is 1. The molecule has 1 fully saturated rings. The lowest BCUT2D eigenvalue weighted by Crippen LogP contribution is -2.98. The highest BCUT2D eigenvalue weighted by Gasteiger charge is 2.21. The maximum atomic E-state index is 10.4. The molecule has 0 aromatic carbocycles. The van der Waals surface area contributed by atoms with Crippen LogP contribution in [0, 0.1) is 0 Å². The highest BCUT2D eigenvalue weighted by Crippen LogP contribution is 2.04. The molecule has 0 unspecified atom stereocenters. The van der Waals surface area contributed by atoms with Crippen molar-refractivity contribution in [2.75, 3.05) is 0 Å². The fraction of sp³-hybridized carbons (Fsp3) is 0.857. The van der Waals surface area contributed by atoms with Crippen molar-refractivity contribution in [1.82, 2.24) is 0 Å². The van der Waals surface area contributed by atoms with Crippen LogP contribution in [-0.4, -0.2) is 18.1 Å². The van der Waals surface area contributed by atoms with Gasteiger partial charge in [0.2, 0.25) is 0 Å². The van der Waals surface area contributed by atoms with Crippen LogP contribution in [-0.2, 0) is 4.79 Å². The van der Waals surface area contributed by atoms with Crippen LogP contribution >= 0.6 is 0 Å². The molecule has 2 atom stereocenters. The van der Waals surface area contributed by atoms with Crippen molar-refractivity contribution >= 4 is 5.97 Å². The number of hydrogen-bond donors (Lipinski definition) is 1. The molecule has 1 aliphatic heterocycles. The molecule has 2 N–H and O–H groups in total. The van der Waals surface area contributed by atoms with Crippen LogP contribution < -0.4 is 10.4 Å². The van der Waals surface area contributed by atoms with E-state index in [0.29, 0.717) is 6.04 Å². The first-order valence-electron chi connectivity index (χ1n) is 3.76. The van der Waals surface area contributed by atoms with E-state index in [0.717, 1.165) is 19.3 Å². The number of piperidine rings is 1. The van der Waals surface area contributed by atoms with Crippen molar-refractivity contribution in [3.05, 3.63) is 0 Å². The number of carboxylic acids is 1. The Kier molecular flexibility index (Phi) is 2.27. The number of aliphatic carboxylic acids is 1. The first-order valence-corrected chi connectivity index (χ1v) is 3.76. The molecule has 0 aromatic rings. The number of carbonyl (C=O) groups excluding carboxylic acids is 1. The zero-order chi connectivity index (χ0) is 7.56. The van der Waals surface area contributed by atoms with Gasteiger partial charge in [-0.2, -0.15) is 0 Å². The van der Waals surface area contributed by atoms with Crippen molar-refractivity contribution in [2.24, 2.45) is 0 Å². The third-order valence-corrected chi connectivity index (χ3v) is 2.04. The smallest absolute Gasteiger partial charge is 0.126 e. The average molecular weight is 143 g/mol. The van der Waals surface area contributed by atoms with Crippen LogP contribution in [0.3, 0.4) is 0 Å². The fourth-order valence-electron chi connectivity index (χ4n) is 1.45. The third kappa shape index (κ3) is 1.70. The van der Waals surface area contributed by atoms with Gasteiger partial charge in [0.25, 0.3) is 0 Å². The Balaban J connectivity index is 2.39. The van der Waals surface area contributed by atoms with Crippen LogP contribution in [0.5, 0.6) is 0 Å². The Bertz CT molecular complexity index is 136. The number of quaternary nitrogens is 1. The molecule has 1 rings (SSSR count). The Morgan fingerprint density at radius 3 is 2.70 bits per heavy atom. The zero-order valence-electron chi connectivity index (χ0n) is 6.17. The molecular weight excluding hydrogens is 130 g/mol. The molecule has 1 saturated heterocycles. The summed E-state index contributed by atoms with van der Waals surface area (Å²) in [5.41, 5.74) is 0. The van der Waals surface area contributed by atoms with E-state index in [1.807, 2.05) is 5.32 Å². The molecule has 0 saturated carbocycles. The Labute approximate surface area is 60.4 Å². The number of carbonyl (C=O) groups is 1. The quantitative estimate of drug-likeness (QED) is 0.473. The molecule has 1 aliphatic rings. The molecule has 10 heavy (non-hydrogen) atoms. The first-order chi connectivity index (χ1) is 4.70. The van der Waals surface area contributed by atoms with E-state index in [-0.39, 0.29) is 6.04 Å². The second-order valence-electron chi connectivity index (χ2n) is 3.03. The SMILES string of the molecule is C[C@@H]1CCC[C@H](C(=O)[O-])[NH2+]1. The molecular formula is C7H13NO2. The minimum Gasteiger partial charge on any atom is -0.544 e. The molecule has 58 valence electrons. The van der Waals surface area contributed by atoms with Gasteiger partial charge in [-0.1, -0.05) is 0 Å². The van der Waals surface area contributed by atoms with Crippen molar-refractivity contribution in [3.63, 3.8) is 0 Å². The van der Waals surface area contributed by atoms with Gasteiger partial charge in [-0.25, -0.2) is 0 Å². The van der Waals surface area contributed by atoms with Crippen molar-refractivity contribution < 1.29 is 15.2 Å². The number of rotatable bonds is 1. The molecule has 0 radical (unpaired) electrons. The predicted molar refractivity (Wildman–Crippen MR) is 34.0 cm³/mol. The van der Waals surface area contributed by atoms with Gasteiger partial charge < -0.3 is 15.2 Å². The van der Waals surface area contributed by atoms with E-state index >= 15 is 0 Å². The van der Waals surface area contributed by atoms with Crippen LogP contribution in [0.4, 0.5) is 0 Å². The maximum absolute atomic E-state index is 10.4. The Morgan fingerprint density at radius 1 is 1.60 bits per heavy atom. The van der Waals surface area contributed by atoms with Crippen molar-refractivity contribution in [2.45, 2.75) is 38.3 Å². The molecule has 1 heterocycles. The van der Waals surface area contributed by atoms with E-state index in [2.05, 4.69) is 6.92 Å². The maximum Gasteiger partial charge on any atom is 0.126 e. The van der Waals surface area contributed by atoms with Crippen LogP contribution in [0.25, 0.3) is 0 Å². The second-order valence-corrected chi connectivity index (χ2v) is 3.03. The zero-order valence-corrected chi connectivity index (χ0v) is 6.17. The van der Waals surface area contributed by atoms with E-state index in [1.165, 1.54) is 0 Å². The van der Waals surface area contributed by atoms with Gasteiger partial charge >= 0.3 is 0 Å². The van der Waals surface area contributed by atoms with Crippen LogP contribution in [0.2, 0.25) is 0 Å². The summed E-state index contributed by atoms with van der Waals surface area (Å²) in [6.45, 7) is 2.05. The van der Waals surface area contributed by atoms with Gasteiger partial charge in [0.15, 0.2) is 0 Å². The van der Waals surface area contributed by atoms with Crippen molar-refractivity contribution in [1.29, 1.82) is 0 Å². The number of nitrogens with two attached hydrogens (primary N) is 1. The Hall–Kier alpha value is -0.570. The lowest BCUT2D eigenvalue weighted by molar-refractivity contribution is -0.720. The highest BCUT2D eigenvalue weighted by molar-refractivity contribution is 5.69. The normalized spacial score (nSPS) is 33.7. The fourth-order valence-corrected chi connectivity index (χ4v) is 1.45. The Morgan fingerprint density at radius 2 is 2.30 bits per heavy atom. The second kappa shape index (κ2) is 3.01. The molecule has 0 bridgehead atoms. The predicted octanol–water partition coefficient (Wildman–Crippen LogP) is -1.76. The summed E-state index contributed by atoms with van der Waals surface area (Å²) >= 11 is 0. The van der Waals surface area contributed by atoms with E-state index < -0.39 is 5.97 Å². The molecule has 0 spiro atoms. The molecule has 3 heteroatoms. The van der Waals surface area contributed by atoms with E-state index in [1.54, 1.807) is 0 Å². The van der Waals surface area contributed by atoms with Gasteiger partial charge in [-0.15, -0.1) is 0 Å². The lowest BCUT2D eigenvalue weighted by atomic mass is 10.00. The van der Waals surface area contributed by atoms with Gasteiger partial charge in [-0.3, -0.25) is 0 Å². The molecule has 3 nitrogen and oxygen atoms in total. The highest BCUT2D eigenvalue weighted by atomic mass is 16.4. The molecule has 0 aliphatic carbocycles. The lowest BCUT2D eigenvalue weighted by Gasteiger charge is -2.25. The third-order valence-electron chi connectivity index (χ3n) is 2.04. The van der Waals surface area contributed by atoms with Gasteiger partial charge in [0, 0.05) is 6.42 Å². The summed E-state index contributed by atoms with van der Waals surface area (Å²) < 4.78 is 0. The van der Waals surface area contributed by atoms with E-state index in [4.69, 9.17) is 0 Å². The number of hydrogen-bond acceptors (Lipinski definition) is 2. The summed E-state index contributed by atoms with van der Waals surface area (Å²) in [5.74, 6) is -0.911. The van der Waals surface area contributed by atoms with E-state index in [9.17, 15) is 9.90 Å². The van der Waals surface area contributed by atoms with Gasteiger partial charge in [0.1, 0.15) is 6.04 Å². The van der Waals surface area contributed by atoms with Gasteiger partial charge in [0.05, 0.1) is 12.0 Å². The summed E-state index contributed by atoms with van der Waals surface area (Å²) in [7, 11) is 0. The monoisotopic (exact) mass is 143 g/mol. The van der Waals surface area contributed by atoms with Crippen molar-refractivity contribution in [3.8, 4) is 0 Å². The summed E-state index contributed by atoms with van der Waals surface area (Å²) in [6.07, 6.45) is 2.92.